The summed E-state index contributed by atoms with van der Waals surface area (Å²) in [5.41, 5.74) is 0.575. The SMILES string of the molecule is CC(C)(C)NC1CCC2(CCO2)CC1. The molecule has 1 saturated heterocycles. The number of rotatable bonds is 1. The molecule has 0 atom stereocenters. The quantitative estimate of drug-likeness (QED) is 0.697. The first kappa shape index (κ1) is 10.4. The van der Waals surface area contributed by atoms with Crippen LogP contribution >= 0.6 is 0 Å². The molecule has 1 heterocycles. The second-order valence-electron chi connectivity index (χ2n) is 5.95. The van der Waals surface area contributed by atoms with Crippen molar-refractivity contribution in [1.29, 1.82) is 0 Å². The molecule has 0 unspecified atom stereocenters. The normalized spacial score (nSPS) is 38.4. The maximum atomic E-state index is 5.71. The van der Waals surface area contributed by atoms with Gasteiger partial charge < -0.3 is 10.1 Å². The van der Waals surface area contributed by atoms with Gasteiger partial charge in [0.1, 0.15) is 0 Å². The topological polar surface area (TPSA) is 21.3 Å². The zero-order valence-corrected chi connectivity index (χ0v) is 9.73. The maximum Gasteiger partial charge on any atom is 0.0705 e. The summed E-state index contributed by atoms with van der Waals surface area (Å²) in [7, 11) is 0. The van der Waals surface area contributed by atoms with E-state index in [1.165, 1.54) is 32.1 Å². The van der Waals surface area contributed by atoms with Crippen molar-refractivity contribution in [2.75, 3.05) is 6.61 Å². The molecular weight excluding hydrogens is 174 g/mol. The third-order valence-corrected chi connectivity index (χ3v) is 3.50. The van der Waals surface area contributed by atoms with Gasteiger partial charge in [-0.2, -0.15) is 0 Å². The van der Waals surface area contributed by atoms with Gasteiger partial charge in [0, 0.05) is 11.6 Å². The summed E-state index contributed by atoms with van der Waals surface area (Å²) in [6.07, 6.45) is 6.41. The molecule has 14 heavy (non-hydrogen) atoms. The van der Waals surface area contributed by atoms with E-state index in [4.69, 9.17) is 4.74 Å². The summed E-state index contributed by atoms with van der Waals surface area (Å²) in [5.74, 6) is 0. The van der Waals surface area contributed by atoms with Gasteiger partial charge in [0.15, 0.2) is 0 Å². The van der Waals surface area contributed by atoms with E-state index in [-0.39, 0.29) is 5.54 Å². The Hall–Kier alpha value is -0.0800. The molecule has 1 saturated carbocycles. The Bertz CT molecular complexity index is 193. The summed E-state index contributed by atoms with van der Waals surface area (Å²) in [6, 6.07) is 0.713. The molecule has 2 rings (SSSR count). The van der Waals surface area contributed by atoms with E-state index in [0.29, 0.717) is 11.6 Å². The molecule has 1 N–H and O–H groups in total. The summed E-state index contributed by atoms with van der Waals surface area (Å²) in [4.78, 5) is 0. The monoisotopic (exact) mass is 197 g/mol. The first-order chi connectivity index (χ1) is 6.49. The predicted octanol–water partition coefficient (Wildman–Crippen LogP) is 2.48. The fourth-order valence-electron chi connectivity index (χ4n) is 2.69. The maximum absolute atomic E-state index is 5.71. The standard InChI is InChI=1S/C12H23NO/c1-11(2,3)13-10-4-6-12(7-5-10)8-9-14-12/h10,13H,4-9H2,1-3H3. The average molecular weight is 197 g/mol. The Labute approximate surface area is 87.4 Å². The van der Waals surface area contributed by atoms with Crippen molar-refractivity contribution in [2.24, 2.45) is 0 Å². The van der Waals surface area contributed by atoms with E-state index in [1.54, 1.807) is 0 Å². The van der Waals surface area contributed by atoms with Crippen molar-refractivity contribution in [1.82, 2.24) is 5.32 Å². The third-order valence-electron chi connectivity index (χ3n) is 3.50. The molecule has 2 aliphatic rings. The molecule has 1 aliphatic heterocycles. The van der Waals surface area contributed by atoms with Crippen LogP contribution in [0.5, 0.6) is 0 Å². The van der Waals surface area contributed by atoms with Crippen LogP contribution in [0.25, 0.3) is 0 Å². The molecular formula is C12H23NO. The Balaban J connectivity index is 1.78. The lowest BCUT2D eigenvalue weighted by Gasteiger charge is -2.47. The number of nitrogens with one attached hydrogen (secondary N) is 1. The largest absolute Gasteiger partial charge is 0.375 e. The molecule has 1 spiro atoms. The van der Waals surface area contributed by atoms with Gasteiger partial charge in [-0.25, -0.2) is 0 Å². The second-order valence-corrected chi connectivity index (χ2v) is 5.95. The van der Waals surface area contributed by atoms with Crippen molar-refractivity contribution in [3.05, 3.63) is 0 Å². The fourth-order valence-corrected chi connectivity index (χ4v) is 2.69. The Kier molecular flexibility index (Phi) is 2.61. The zero-order valence-electron chi connectivity index (χ0n) is 9.73. The van der Waals surface area contributed by atoms with Crippen molar-refractivity contribution in [3.8, 4) is 0 Å². The van der Waals surface area contributed by atoms with Gasteiger partial charge in [-0.3, -0.25) is 0 Å². The first-order valence-electron chi connectivity index (χ1n) is 5.91. The van der Waals surface area contributed by atoms with E-state index < -0.39 is 0 Å². The average Bonchev–Trinajstić information content (AvgIpc) is 2.00. The van der Waals surface area contributed by atoms with Gasteiger partial charge in [0.05, 0.1) is 12.2 Å². The van der Waals surface area contributed by atoms with Gasteiger partial charge in [0.25, 0.3) is 0 Å². The van der Waals surface area contributed by atoms with Gasteiger partial charge in [0.2, 0.25) is 0 Å². The van der Waals surface area contributed by atoms with Gasteiger partial charge in [-0.15, -0.1) is 0 Å². The summed E-state index contributed by atoms with van der Waals surface area (Å²) in [6.45, 7) is 7.74. The predicted molar refractivity (Wildman–Crippen MR) is 58.4 cm³/mol. The van der Waals surface area contributed by atoms with Gasteiger partial charge >= 0.3 is 0 Å². The molecule has 1 aliphatic carbocycles. The first-order valence-corrected chi connectivity index (χ1v) is 5.91. The summed E-state index contributed by atoms with van der Waals surface area (Å²) < 4.78 is 5.71. The number of hydrogen-bond donors (Lipinski definition) is 1. The molecule has 0 aromatic carbocycles. The van der Waals surface area contributed by atoms with Crippen LogP contribution in [-0.4, -0.2) is 23.8 Å². The van der Waals surface area contributed by atoms with E-state index >= 15 is 0 Å². The van der Waals surface area contributed by atoms with Crippen LogP contribution in [0.3, 0.4) is 0 Å². The molecule has 0 aromatic heterocycles. The Morgan fingerprint density at radius 3 is 2.07 bits per heavy atom. The highest BCUT2D eigenvalue weighted by atomic mass is 16.5. The Morgan fingerprint density at radius 2 is 1.71 bits per heavy atom. The lowest BCUT2D eigenvalue weighted by molar-refractivity contribution is -0.167. The van der Waals surface area contributed by atoms with Gasteiger partial charge in [-0.1, -0.05) is 0 Å². The third kappa shape index (κ3) is 2.29. The van der Waals surface area contributed by atoms with Crippen molar-refractivity contribution < 1.29 is 4.74 Å². The van der Waals surface area contributed by atoms with Crippen LogP contribution in [-0.2, 0) is 4.74 Å². The van der Waals surface area contributed by atoms with Crippen molar-refractivity contribution >= 4 is 0 Å². The highest BCUT2D eigenvalue weighted by molar-refractivity contribution is 4.95. The van der Waals surface area contributed by atoms with E-state index in [2.05, 4.69) is 26.1 Å². The molecule has 0 bridgehead atoms. The van der Waals surface area contributed by atoms with Crippen LogP contribution in [0.1, 0.15) is 52.9 Å². The minimum absolute atomic E-state index is 0.260. The van der Waals surface area contributed by atoms with E-state index in [1.807, 2.05) is 0 Å². The molecule has 2 heteroatoms. The molecule has 0 amide bonds. The van der Waals surface area contributed by atoms with Crippen LogP contribution in [0, 0.1) is 0 Å². The number of hydrogen-bond acceptors (Lipinski definition) is 2. The van der Waals surface area contributed by atoms with Crippen molar-refractivity contribution in [3.63, 3.8) is 0 Å². The molecule has 2 fully saturated rings. The lowest BCUT2D eigenvalue weighted by atomic mass is 9.77. The lowest BCUT2D eigenvalue weighted by Crippen LogP contribution is -2.52. The second kappa shape index (κ2) is 3.49. The van der Waals surface area contributed by atoms with Crippen molar-refractivity contribution in [2.45, 2.75) is 70.1 Å². The highest BCUT2D eigenvalue weighted by Gasteiger charge is 2.41. The zero-order chi connectivity index (χ0) is 10.2. The van der Waals surface area contributed by atoms with Crippen LogP contribution in [0.4, 0.5) is 0 Å². The minimum atomic E-state index is 0.260. The molecule has 2 nitrogen and oxygen atoms in total. The smallest absolute Gasteiger partial charge is 0.0705 e. The Morgan fingerprint density at radius 1 is 1.14 bits per heavy atom. The molecule has 0 radical (unpaired) electrons. The van der Waals surface area contributed by atoms with E-state index in [0.717, 1.165) is 6.61 Å². The summed E-state index contributed by atoms with van der Waals surface area (Å²) in [5, 5.41) is 3.69. The fraction of sp³-hybridized carbons (Fsp3) is 1.00. The van der Waals surface area contributed by atoms with Crippen LogP contribution in [0.2, 0.25) is 0 Å². The summed E-state index contributed by atoms with van der Waals surface area (Å²) >= 11 is 0. The van der Waals surface area contributed by atoms with Gasteiger partial charge in [-0.05, 0) is 52.9 Å². The van der Waals surface area contributed by atoms with Crippen LogP contribution in [0.15, 0.2) is 0 Å². The van der Waals surface area contributed by atoms with E-state index in [9.17, 15) is 0 Å². The number of ether oxygens (including phenoxy) is 1. The molecule has 0 aromatic rings. The highest BCUT2D eigenvalue weighted by Crippen LogP contribution is 2.40. The minimum Gasteiger partial charge on any atom is -0.375 e. The molecule has 82 valence electrons. The van der Waals surface area contributed by atoms with Crippen LogP contribution < -0.4 is 5.32 Å².